The molecule has 0 fully saturated rings. The van der Waals surface area contributed by atoms with Crippen LogP contribution in [0.25, 0.3) is 0 Å². The normalized spacial score (nSPS) is 15.0. The first kappa shape index (κ1) is 17.2. The highest BCUT2D eigenvalue weighted by molar-refractivity contribution is 7.93. The molecule has 22 heavy (non-hydrogen) atoms. The number of unbranched alkanes of at least 4 members (excludes halogenated alkanes) is 1. The highest BCUT2D eigenvalue weighted by Crippen LogP contribution is 2.29. The number of nitrogens with zero attached hydrogens (tertiary/aromatic N) is 1. The van der Waals surface area contributed by atoms with Crippen molar-refractivity contribution in [3.8, 4) is 0 Å². The van der Waals surface area contributed by atoms with Crippen molar-refractivity contribution in [2.24, 2.45) is 0 Å². The first-order valence-corrected chi connectivity index (χ1v) is 10.7. The minimum Gasteiger partial charge on any atom is -0.270 e. The molecule has 124 valence electrons. The van der Waals surface area contributed by atoms with E-state index in [0.717, 1.165) is 12.0 Å². The molecule has 8 heteroatoms. The number of rotatable bonds is 8. The van der Waals surface area contributed by atoms with Crippen molar-refractivity contribution in [3.05, 3.63) is 29.8 Å². The maximum absolute atomic E-state index is 12.4. The van der Waals surface area contributed by atoms with Crippen molar-refractivity contribution in [1.29, 1.82) is 0 Å². The number of fused-ring (bicyclic) bond motifs is 1. The second-order valence-electron chi connectivity index (χ2n) is 5.33. The lowest BCUT2D eigenvalue weighted by molar-refractivity contribution is 0.577. The Balaban J connectivity index is 1.96. The van der Waals surface area contributed by atoms with E-state index >= 15 is 0 Å². The molecule has 1 aliphatic rings. The van der Waals surface area contributed by atoms with Crippen LogP contribution in [0.5, 0.6) is 0 Å². The molecule has 0 amide bonds. The summed E-state index contributed by atoms with van der Waals surface area (Å²) in [7, 11) is -6.89. The number of hydrogen-bond acceptors (Lipinski definition) is 4. The van der Waals surface area contributed by atoms with Crippen LogP contribution in [0.2, 0.25) is 0 Å². The van der Waals surface area contributed by atoms with Gasteiger partial charge in [-0.3, -0.25) is 4.31 Å². The third-order valence-electron chi connectivity index (χ3n) is 3.63. The van der Waals surface area contributed by atoms with Gasteiger partial charge in [0.1, 0.15) is 0 Å². The second-order valence-corrected chi connectivity index (χ2v) is 9.27. The molecule has 1 aliphatic heterocycles. The van der Waals surface area contributed by atoms with Crippen molar-refractivity contribution in [3.63, 3.8) is 0 Å². The maximum Gasteiger partial charge on any atom is 0.236 e. The number of benzene rings is 1. The Morgan fingerprint density at radius 3 is 2.59 bits per heavy atom. The van der Waals surface area contributed by atoms with Crippen molar-refractivity contribution < 1.29 is 16.8 Å². The zero-order valence-electron chi connectivity index (χ0n) is 12.7. The van der Waals surface area contributed by atoms with Crippen LogP contribution in [-0.2, 0) is 26.5 Å². The monoisotopic (exact) mass is 346 g/mol. The van der Waals surface area contributed by atoms with E-state index in [-0.39, 0.29) is 18.1 Å². The standard InChI is InChI=1S/C14H22N2O4S2/c1-2-3-11-21(17,18)15-9-12-22(19,20)16-10-8-13-6-4-5-7-14(13)16/h4-7,15H,2-3,8-12H2,1H3. The second kappa shape index (κ2) is 6.97. The van der Waals surface area contributed by atoms with E-state index in [1.54, 1.807) is 12.1 Å². The van der Waals surface area contributed by atoms with E-state index in [1.165, 1.54) is 4.31 Å². The van der Waals surface area contributed by atoms with Crippen LogP contribution in [0.3, 0.4) is 0 Å². The molecule has 0 unspecified atom stereocenters. The molecule has 0 atom stereocenters. The molecule has 0 aliphatic carbocycles. The summed E-state index contributed by atoms with van der Waals surface area (Å²) < 4.78 is 51.9. The molecular formula is C14H22N2O4S2. The van der Waals surface area contributed by atoms with Gasteiger partial charge in [-0.15, -0.1) is 0 Å². The Labute approximate surface area is 132 Å². The molecule has 1 heterocycles. The molecule has 1 N–H and O–H groups in total. The number of nitrogens with one attached hydrogen (secondary N) is 1. The summed E-state index contributed by atoms with van der Waals surface area (Å²) in [6, 6.07) is 7.39. The van der Waals surface area contributed by atoms with Gasteiger partial charge in [0.25, 0.3) is 0 Å². The van der Waals surface area contributed by atoms with Crippen LogP contribution < -0.4 is 9.03 Å². The summed E-state index contributed by atoms with van der Waals surface area (Å²) in [6.45, 7) is 2.24. The quantitative estimate of drug-likeness (QED) is 0.764. The van der Waals surface area contributed by atoms with E-state index in [0.29, 0.717) is 25.1 Å². The van der Waals surface area contributed by atoms with Gasteiger partial charge >= 0.3 is 0 Å². The Morgan fingerprint density at radius 2 is 1.86 bits per heavy atom. The van der Waals surface area contributed by atoms with Crippen LogP contribution in [0.4, 0.5) is 5.69 Å². The van der Waals surface area contributed by atoms with Gasteiger partial charge in [0.05, 0.1) is 17.2 Å². The largest absolute Gasteiger partial charge is 0.270 e. The number of sulfonamides is 2. The first-order chi connectivity index (χ1) is 10.4. The van der Waals surface area contributed by atoms with Gasteiger partial charge in [-0.2, -0.15) is 0 Å². The molecule has 0 spiro atoms. The molecular weight excluding hydrogens is 324 g/mol. The van der Waals surface area contributed by atoms with Gasteiger partial charge in [0, 0.05) is 13.1 Å². The molecule has 0 radical (unpaired) electrons. The maximum atomic E-state index is 12.4. The zero-order valence-corrected chi connectivity index (χ0v) is 14.3. The Morgan fingerprint density at radius 1 is 1.14 bits per heavy atom. The summed E-state index contributed by atoms with van der Waals surface area (Å²) in [4.78, 5) is 0. The lowest BCUT2D eigenvalue weighted by Crippen LogP contribution is -2.37. The van der Waals surface area contributed by atoms with Crippen LogP contribution in [0, 0.1) is 0 Å². The Bertz CT molecular complexity index is 714. The molecule has 6 nitrogen and oxygen atoms in total. The molecule has 0 bridgehead atoms. The Hall–Kier alpha value is -1.12. The van der Waals surface area contributed by atoms with E-state index in [2.05, 4.69) is 4.72 Å². The predicted octanol–water partition coefficient (Wildman–Crippen LogP) is 1.10. The van der Waals surface area contributed by atoms with E-state index in [1.807, 2.05) is 19.1 Å². The average molecular weight is 346 g/mol. The van der Waals surface area contributed by atoms with Gasteiger partial charge in [0.15, 0.2) is 0 Å². The Kier molecular flexibility index (Phi) is 5.46. The van der Waals surface area contributed by atoms with Crippen molar-refractivity contribution in [2.75, 3.05) is 28.9 Å². The predicted molar refractivity (Wildman–Crippen MR) is 88.0 cm³/mol. The third-order valence-corrected chi connectivity index (χ3v) is 6.87. The SMILES string of the molecule is CCCCS(=O)(=O)NCCS(=O)(=O)N1CCc2ccccc21. The van der Waals surface area contributed by atoms with Crippen LogP contribution in [0.1, 0.15) is 25.3 Å². The zero-order chi connectivity index (χ0) is 16.2. The number of para-hydroxylation sites is 1. The molecule has 1 aromatic carbocycles. The summed E-state index contributed by atoms with van der Waals surface area (Å²) in [5.74, 6) is -0.192. The van der Waals surface area contributed by atoms with E-state index in [9.17, 15) is 16.8 Å². The summed E-state index contributed by atoms with van der Waals surface area (Å²) in [5.41, 5.74) is 1.71. The highest BCUT2D eigenvalue weighted by Gasteiger charge is 2.28. The fraction of sp³-hybridized carbons (Fsp3) is 0.571. The van der Waals surface area contributed by atoms with Crippen LogP contribution in [0.15, 0.2) is 24.3 Å². The molecule has 0 saturated heterocycles. The topological polar surface area (TPSA) is 83.5 Å². The summed E-state index contributed by atoms with van der Waals surface area (Å²) in [5, 5.41) is 0. The average Bonchev–Trinajstić information content (AvgIpc) is 2.89. The molecule has 2 rings (SSSR count). The molecule has 0 saturated carbocycles. The minimum atomic E-state index is -3.51. The van der Waals surface area contributed by atoms with Crippen molar-refractivity contribution in [2.45, 2.75) is 26.2 Å². The van der Waals surface area contributed by atoms with Gasteiger partial charge < -0.3 is 0 Å². The number of hydrogen-bond donors (Lipinski definition) is 1. The van der Waals surface area contributed by atoms with Gasteiger partial charge in [-0.1, -0.05) is 31.5 Å². The smallest absolute Gasteiger partial charge is 0.236 e. The minimum absolute atomic E-state index is 0.0378. The first-order valence-electron chi connectivity index (χ1n) is 7.41. The fourth-order valence-corrected chi connectivity index (χ4v) is 5.22. The molecule has 0 aromatic heterocycles. The number of anilines is 1. The summed E-state index contributed by atoms with van der Waals surface area (Å²) >= 11 is 0. The van der Waals surface area contributed by atoms with Crippen molar-refractivity contribution in [1.82, 2.24) is 4.72 Å². The third kappa shape index (κ3) is 4.21. The van der Waals surface area contributed by atoms with Gasteiger partial charge in [-0.05, 0) is 24.5 Å². The molecule has 1 aromatic rings. The van der Waals surface area contributed by atoms with Crippen LogP contribution >= 0.6 is 0 Å². The van der Waals surface area contributed by atoms with E-state index in [4.69, 9.17) is 0 Å². The highest BCUT2D eigenvalue weighted by atomic mass is 32.2. The lowest BCUT2D eigenvalue weighted by Gasteiger charge is -2.19. The van der Waals surface area contributed by atoms with E-state index < -0.39 is 20.0 Å². The van der Waals surface area contributed by atoms with Crippen LogP contribution in [-0.4, -0.2) is 41.4 Å². The van der Waals surface area contributed by atoms with Crippen molar-refractivity contribution >= 4 is 25.7 Å². The van der Waals surface area contributed by atoms with Gasteiger partial charge in [-0.25, -0.2) is 21.6 Å². The summed E-state index contributed by atoms with van der Waals surface area (Å²) in [6.07, 6.45) is 2.04. The van der Waals surface area contributed by atoms with Gasteiger partial charge in [0.2, 0.25) is 20.0 Å². The fourth-order valence-electron chi connectivity index (χ4n) is 2.44. The lowest BCUT2D eigenvalue weighted by atomic mass is 10.2.